The first-order valence-electron chi connectivity index (χ1n) is 12.7. The van der Waals surface area contributed by atoms with E-state index in [0.717, 1.165) is 75.5 Å². The standard InChI is InChI=1S/C30H26FN7O/c1-3-4-5-17(2)35-21-7-19(12-32-13-21)26-11-24-29(16-34-26)37-38-30(24)27-10-23-25(14-33-15-28(23)36-27)18-6-20(31)9-22(39)8-18/h6-16,35-36,39H,2-5H2,1H3,(H,37,38). The average molecular weight is 520 g/mol. The molecule has 0 atom stereocenters. The van der Waals surface area contributed by atoms with Crippen LogP contribution in [0.3, 0.4) is 0 Å². The Morgan fingerprint density at radius 1 is 0.949 bits per heavy atom. The molecule has 0 aliphatic carbocycles. The third-order valence-electron chi connectivity index (χ3n) is 6.63. The summed E-state index contributed by atoms with van der Waals surface area (Å²) in [5.41, 5.74) is 7.71. The number of aromatic amines is 2. The van der Waals surface area contributed by atoms with Crippen molar-refractivity contribution in [1.82, 2.24) is 30.1 Å². The van der Waals surface area contributed by atoms with Gasteiger partial charge in [-0.05, 0) is 48.7 Å². The molecule has 0 spiro atoms. The van der Waals surface area contributed by atoms with Crippen LogP contribution in [0.15, 0.2) is 79.7 Å². The highest BCUT2D eigenvalue weighted by Crippen LogP contribution is 2.35. The van der Waals surface area contributed by atoms with Crippen molar-refractivity contribution < 1.29 is 9.50 Å². The van der Waals surface area contributed by atoms with Crippen molar-refractivity contribution in [1.29, 1.82) is 0 Å². The van der Waals surface area contributed by atoms with Crippen LogP contribution in [0.25, 0.3) is 55.6 Å². The first-order valence-corrected chi connectivity index (χ1v) is 12.7. The Bertz CT molecular complexity index is 1820. The fourth-order valence-corrected chi connectivity index (χ4v) is 4.72. The Hall–Kier alpha value is -5.05. The highest BCUT2D eigenvalue weighted by molar-refractivity contribution is 6.01. The number of benzene rings is 1. The molecule has 6 rings (SSSR count). The molecule has 5 heterocycles. The number of phenols is 1. The van der Waals surface area contributed by atoms with Crippen LogP contribution in [0.1, 0.15) is 26.2 Å². The topological polar surface area (TPSA) is 115 Å². The normalized spacial score (nSPS) is 11.3. The van der Waals surface area contributed by atoms with Crippen molar-refractivity contribution in [2.45, 2.75) is 26.2 Å². The van der Waals surface area contributed by atoms with Gasteiger partial charge in [-0.25, -0.2) is 4.39 Å². The van der Waals surface area contributed by atoms with E-state index in [9.17, 15) is 9.50 Å². The minimum atomic E-state index is -0.518. The molecule has 0 fully saturated rings. The maximum atomic E-state index is 14.0. The lowest BCUT2D eigenvalue weighted by Gasteiger charge is -2.10. The van der Waals surface area contributed by atoms with Gasteiger partial charge >= 0.3 is 0 Å². The number of nitrogens with zero attached hydrogens (tertiary/aromatic N) is 4. The fraction of sp³-hybridized carbons (Fsp3) is 0.133. The number of unbranched alkanes of at least 4 members (excludes halogenated alkanes) is 1. The van der Waals surface area contributed by atoms with Crippen LogP contribution in [-0.4, -0.2) is 35.2 Å². The number of anilines is 1. The number of pyridine rings is 3. The molecule has 0 amide bonds. The third kappa shape index (κ3) is 4.82. The molecule has 0 aliphatic heterocycles. The second-order valence-electron chi connectivity index (χ2n) is 9.51. The lowest BCUT2D eigenvalue weighted by atomic mass is 10.0. The lowest BCUT2D eigenvalue weighted by molar-refractivity contribution is 0.469. The molecule has 194 valence electrons. The van der Waals surface area contributed by atoms with Gasteiger partial charge in [0.05, 0.1) is 46.7 Å². The van der Waals surface area contributed by atoms with Gasteiger partial charge < -0.3 is 15.4 Å². The summed E-state index contributed by atoms with van der Waals surface area (Å²) in [6.45, 7) is 6.27. The number of halogens is 1. The van der Waals surface area contributed by atoms with Gasteiger partial charge in [0.15, 0.2) is 0 Å². The quantitative estimate of drug-likeness (QED) is 0.169. The number of allylic oxidation sites excluding steroid dienone is 1. The number of nitrogens with one attached hydrogen (secondary N) is 3. The highest BCUT2D eigenvalue weighted by atomic mass is 19.1. The van der Waals surface area contributed by atoms with E-state index in [0.29, 0.717) is 16.8 Å². The molecule has 0 saturated carbocycles. The summed E-state index contributed by atoms with van der Waals surface area (Å²) in [4.78, 5) is 16.7. The summed E-state index contributed by atoms with van der Waals surface area (Å²) in [7, 11) is 0. The largest absolute Gasteiger partial charge is 0.508 e. The Morgan fingerprint density at radius 2 is 1.82 bits per heavy atom. The SMILES string of the molecule is C=C(CCCC)Nc1cncc(-c2cc3c(-c4cc5c(-c6cc(O)cc(F)c6)cncc5[nH]4)n[nH]c3cn2)c1. The van der Waals surface area contributed by atoms with Crippen molar-refractivity contribution in [2.75, 3.05) is 5.32 Å². The van der Waals surface area contributed by atoms with E-state index in [2.05, 4.69) is 49.0 Å². The second kappa shape index (κ2) is 10.0. The number of phenolic OH excluding ortho intramolecular Hbond substituents is 1. The van der Waals surface area contributed by atoms with E-state index in [1.165, 1.54) is 12.1 Å². The average Bonchev–Trinajstić information content (AvgIpc) is 3.55. The molecular formula is C30H26FN7O. The van der Waals surface area contributed by atoms with E-state index in [1.807, 2.05) is 18.2 Å². The second-order valence-corrected chi connectivity index (χ2v) is 9.51. The molecular weight excluding hydrogens is 493 g/mol. The third-order valence-corrected chi connectivity index (χ3v) is 6.63. The summed E-state index contributed by atoms with van der Waals surface area (Å²) in [6.07, 6.45) is 11.8. The van der Waals surface area contributed by atoms with E-state index in [4.69, 9.17) is 0 Å². The first kappa shape index (κ1) is 24.3. The lowest BCUT2D eigenvalue weighted by Crippen LogP contribution is -1.99. The minimum Gasteiger partial charge on any atom is -0.508 e. The summed E-state index contributed by atoms with van der Waals surface area (Å²) in [5, 5.41) is 22.6. The minimum absolute atomic E-state index is 0.143. The molecule has 9 heteroatoms. The van der Waals surface area contributed by atoms with Gasteiger partial charge in [0.1, 0.15) is 17.3 Å². The number of hydrogen-bond acceptors (Lipinski definition) is 6. The molecule has 8 nitrogen and oxygen atoms in total. The predicted octanol–water partition coefficient (Wildman–Crippen LogP) is 7.19. The molecule has 1 aromatic carbocycles. The number of H-pyrrole nitrogens is 2. The maximum Gasteiger partial charge on any atom is 0.127 e. The fourth-order valence-electron chi connectivity index (χ4n) is 4.72. The highest BCUT2D eigenvalue weighted by Gasteiger charge is 2.16. The van der Waals surface area contributed by atoms with Crippen molar-refractivity contribution in [3.63, 3.8) is 0 Å². The Kier molecular flexibility index (Phi) is 6.24. The van der Waals surface area contributed by atoms with Crippen molar-refractivity contribution in [3.8, 4) is 39.5 Å². The molecule has 0 aliphatic rings. The summed E-state index contributed by atoms with van der Waals surface area (Å²) in [6, 6.07) is 9.91. The zero-order chi connectivity index (χ0) is 26.9. The van der Waals surface area contributed by atoms with E-state index < -0.39 is 5.82 Å². The van der Waals surface area contributed by atoms with Crippen LogP contribution in [0.2, 0.25) is 0 Å². The van der Waals surface area contributed by atoms with Crippen LogP contribution in [0.4, 0.5) is 10.1 Å². The monoisotopic (exact) mass is 519 g/mol. The number of fused-ring (bicyclic) bond motifs is 2. The summed E-state index contributed by atoms with van der Waals surface area (Å²) in [5.74, 6) is -0.662. The zero-order valence-corrected chi connectivity index (χ0v) is 21.3. The maximum absolute atomic E-state index is 14.0. The Labute approximate surface area is 223 Å². The van der Waals surface area contributed by atoms with Gasteiger partial charge in [0.2, 0.25) is 0 Å². The van der Waals surface area contributed by atoms with Crippen molar-refractivity contribution >= 4 is 27.5 Å². The van der Waals surface area contributed by atoms with Crippen LogP contribution in [0, 0.1) is 5.82 Å². The Morgan fingerprint density at radius 3 is 2.67 bits per heavy atom. The molecule has 0 saturated heterocycles. The van der Waals surface area contributed by atoms with Gasteiger partial charge in [0.25, 0.3) is 0 Å². The number of aromatic nitrogens is 6. The van der Waals surface area contributed by atoms with Gasteiger partial charge in [-0.15, -0.1) is 0 Å². The molecule has 5 aromatic heterocycles. The van der Waals surface area contributed by atoms with Crippen molar-refractivity contribution in [2.24, 2.45) is 0 Å². The van der Waals surface area contributed by atoms with Gasteiger partial charge in [-0.3, -0.25) is 20.1 Å². The van der Waals surface area contributed by atoms with Crippen LogP contribution in [0.5, 0.6) is 5.75 Å². The number of hydrogen-bond donors (Lipinski definition) is 4. The summed E-state index contributed by atoms with van der Waals surface area (Å²) < 4.78 is 14.0. The van der Waals surface area contributed by atoms with E-state index >= 15 is 0 Å². The van der Waals surface area contributed by atoms with Gasteiger partial charge in [-0.2, -0.15) is 5.10 Å². The molecule has 6 aromatic rings. The molecule has 39 heavy (non-hydrogen) atoms. The molecule has 0 radical (unpaired) electrons. The van der Waals surface area contributed by atoms with E-state index in [-0.39, 0.29) is 5.75 Å². The number of aromatic hydroxyl groups is 1. The smallest absolute Gasteiger partial charge is 0.127 e. The first-order chi connectivity index (χ1) is 19.0. The van der Waals surface area contributed by atoms with Gasteiger partial charge in [-0.1, -0.05) is 19.9 Å². The van der Waals surface area contributed by atoms with Crippen LogP contribution >= 0.6 is 0 Å². The zero-order valence-electron chi connectivity index (χ0n) is 21.3. The molecule has 4 N–H and O–H groups in total. The summed E-state index contributed by atoms with van der Waals surface area (Å²) >= 11 is 0. The van der Waals surface area contributed by atoms with Gasteiger partial charge in [0, 0.05) is 46.1 Å². The predicted molar refractivity (Wildman–Crippen MR) is 152 cm³/mol. The van der Waals surface area contributed by atoms with Crippen LogP contribution in [-0.2, 0) is 0 Å². The van der Waals surface area contributed by atoms with E-state index in [1.54, 1.807) is 31.0 Å². The number of rotatable bonds is 8. The molecule has 0 bridgehead atoms. The molecule has 0 unspecified atom stereocenters. The van der Waals surface area contributed by atoms with Crippen LogP contribution < -0.4 is 5.32 Å². The van der Waals surface area contributed by atoms with Crippen molar-refractivity contribution in [3.05, 3.63) is 85.5 Å². The Balaban J connectivity index is 1.38.